The molecular weight excluding hydrogens is 401 g/mol. The molecule has 0 spiro atoms. The first-order valence-corrected chi connectivity index (χ1v) is 10.3. The van der Waals surface area contributed by atoms with Crippen molar-refractivity contribution in [2.75, 3.05) is 31.1 Å². The van der Waals surface area contributed by atoms with Gasteiger partial charge in [-0.2, -0.15) is 0 Å². The zero-order valence-corrected chi connectivity index (χ0v) is 17.4. The molecule has 3 N–H and O–H groups in total. The molecule has 1 aliphatic heterocycles. The molecule has 3 aromatic rings. The average molecular weight is 427 g/mol. The molecule has 8 nitrogen and oxygen atoms in total. The number of anilines is 1. The summed E-state index contributed by atoms with van der Waals surface area (Å²) < 4.78 is 18.6. The van der Waals surface area contributed by atoms with Crippen molar-refractivity contribution in [1.29, 1.82) is 0 Å². The van der Waals surface area contributed by atoms with E-state index in [0.29, 0.717) is 24.6 Å². The molecular formula is C22H26FN5O3. The molecule has 1 atom stereocenters. The number of carbonyl (C=O) groups is 1. The zero-order chi connectivity index (χ0) is 21.8. The summed E-state index contributed by atoms with van der Waals surface area (Å²) in [5.74, 6) is 0.551. The van der Waals surface area contributed by atoms with Gasteiger partial charge >= 0.3 is 0 Å². The molecule has 1 aliphatic rings. The molecule has 4 rings (SSSR count). The van der Waals surface area contributed by atoms with Gasteiger partial charge in [0.25, 0.3) is 0 Å². The Bertz CT molecular complexity index is 1050. The van der Waals surface area contributed by atoms with Gasteiger partial charge in [0, 0.05) is 19.6 Å². The number of ether oxygens (including phenoxy) is 1. The number of halogens is 1. The fraction of sp³-hybridized carbons (Fsp3) is 0.409. The van der Waals surface area contributed by atoms with Crippen molar-refractivity contribution in [3.05, 3.63) is 53.7 Å². The highest BCUT2D eigenvalue weighted by molar-refractivity contribution is 5.77. The molecule has 0 radical (unpaired) electrons. The van der Waals surface area contributed by atoms with Gasteiger partial charge in [-0.25, -0.2) is 14.4 Å². The quantitative estimate of drug-likeness (QED) is 0.533. The van der Waals surface area contributed by atoms with Gasteiger partial charge < -0.3 is 25.0 Å². The lowest BCUT2D eigenvalue weighted by molar-refractivity contribution is -0.127. The molecule has 2 aromatic heterocycles. The van der Waals surface area contributed by atoms with Crippen molar-refractivity contribution < 1.29 is 19.0 Å². The van der Waals surface area contributed by atoms with Crippen molar-refractivity contribution in [2.24, 2.45) is 0 Å². The van der Waals surface area contributed by atoms with Crippen LogP contribution in [0, 0.1) is 12.7 Å². The van der Waals surface area contributed by atoms with E-state index in [1.807, 2.05) is 30.0 Å². The number of aliphatic hydroxyl groups is 1. The summed E-state index contributed by atoms with van der Waals surface area (Å²) in [4.78, 5) is 25.8. The maximum Gasteiger partial charge on any atom is 0.246 e. The minimum absolute atomic E-state index is 0.108. The van der Waals surface area contributed by atoms with Crippen LogP contribution in [0.15, 0.2) is 36.5 Å². The Hall–Kier alpha value is -3.04. The van der Waals surface area contributed by atoms with Crippen LogP contribution in [0.25, 0.3) is 11.0 Å². The number of H-pyrrole nitrogens is 1. The molecule has 1 aromatic carbocycles. The minimum atomic E-state index is -1.08. The third kappa shape index (κ3) is 5.36. The molecule has 0 aliphatic carbocycles. The molecule has 3 heterocycles. The second-order valence-electron chi connectivity index (χ2n) is 8.06. The minimum Gasteiger partial charge on any atom is -0.386 e. The van der Waals surface area contributed by atoms with E-state index < -0.39 is 11.4 Å². The second kappa shape index (κ2) is 8.99. The van der Waals surface area contributed by atoms with Gasteiger partial charge in [0.15, 0.2) is 0 Å². The number of pyridine rings is 1. The monoisotopic (exact) mass is 427 g/mol. The maximum absolute atomic E-state index is 13.1. The van der Waals surface area contributed by atoms with Crippen LogP contribution in [0.1, 0.15) is 24.2 Å². The van der Waals surface area contributed by atoms with E-state index in [1.165, 1.54) is 6.07 Å². The summed E-state index contributed by atoms with van der Waals surface area (Å²) >= 11 is 0. The predicted molar refractivity (Wildman–Crippen MR) is 114 cm³/mol. The van der Waals surface area contributed by atoms with Gasteiger partial charge in [-0.15, -0.1) is 0 Å². The number of nitrogens with zero attached hydrogens (tertiary/aromatic N) is 3. The van der Waals surface area contributed by atoms with Crippen molar-refractivity contribution in [1.82, 2.24) is 20.3 Å². The van der Waals surface area contributed by atoms with E-state index in [4.69, 9.17) is 4.74 Å². The lowest BCUT2D eigenvalue weighted by Gasteiger charge is -2.39. The summed E-state index contributed by atoms with van der Waals surface area (Å²) in [5.41, 5.74) is 1.84. The van der Waals surface area contributed by atoms with Crippen LogP contribution in [0.2, 0.25) is 0 Å². The third-order valence-corrected chi connectivity index (χ3v) is 5.36. The molecule has 1 unspecified atom stereocenters. The normalized spacial score (nSPS) is 19.0. The number of carbonyl (C=O) groups excluding carboxylic acids is 1. The summed E-state index contributed by atoms with van der Waals surface area (Å²) in [7, 11) is 0. The van der Waals surface area contributed by atoms with Crippen molar-refractivity contribution in [3.8, 4) is 0 Å². The SMILES string of the molecule is Cc1ccc2nc(COCC(=O)NCC3(O)CCCN(c4ccc(F)cn4)C3)[nH]c2c1. The van der Waals surface area contributed by atoms with Gasteiger partial charge in [0.05, 0.1) is 22.8 Å². The van der Waals surface area contributed by atoms with Crippen LogP contribution >= 0.6 is 0 Å². The number of aryl methyl sites for hydroxylation is 1. The number of nitrogens with one attached hydrogen (secondary N) is 2. The molecule has 1 saturated heterocycles. The zero-order valence-electron chi connectivity index (χ0n) is 17.4. The molecule has 0 bridgehead atoms. The first-order chi connectivity index (χ1) is 14.9. The van der Waals surface area contributed by atoms with Crippen LogP contribution in [-0.4, -0.2) is 57.8 Å². The highest BCUT2D eigenvalue weighted by Crippen LogP contribution is 2.24. The summed E-state index contributed by atoms with van der Waals surface area (Å²) in [6, 6.07) is 8.87. The Morgan fingerprint density at radius 3 is 3.06 bits per heavy atom. The van der Waals surface area contributed by atoms with Crippen LogP contribution < -0.4 is 10.2 Å². The Labute approximate surface area is 179 Å². The van der Waals surface area contributed by atoms with Crippen molar-refractivity contribution in [2.45, 2.75) is 32.0 Å². The smallest absolute Gasteiger partial charge is 0.246 e. The Balaban J connectivity index is 1.24. The first-order valence-electron chi connectivity index (χ1n) is 10.3. The summed E-state index contributed by atoms with van der Waals surface area (Å²) in [6.07, 6.45) is 2.46. The van der Waals surface area contributed by atoms with E-state index in [-0.39, 0.29) is 25.7 Å². The van der Waals surface area contributed by atoms with E-state index in [2.05, 4.69) is 20.3 Å². The lowest BCUT2D eigenvalue weighted by atomic mass is 9.92. The number of fused-ring (bicyclic) bond motifs is 1. The topological polar surface area (TPSA) is 103 Å². The number of hydrogen-bond donors (Lipinski definition) is 3. The number of piperidine rings is 1. The number of benzene rings is 1. The van der Waals surface area contributed by atoms with Gasteiger partial charge in [-0.05, 0) is 49.6 Å². The van der Waals surface area contributed by atoms with E-state index in [0.717, 1.165) is 35.8 Å². The number of rotatable bonds is 7. The molecule has 0 saturated carbocycles. The first kappa shape index (κ1) is 21.2. The lowest BCUT2D eigenvalue weighted by Crippen LogP contribution is -2.55. The fourth-order valence-corrected chi connectivity index (χ4v) is 3.81. The van der Waals surface area contributed by atoms with Gasteiger partial charge in [0.1, 0.15) is 30.7 Å². The van der Waals surface area contributed by atoms with Crippen molar-refractivity contribution >= 4 is 22.8 Å². The predicted octanol–water partition coefficient (Wildman–Crippen LogP) is 2.07. The number of hydrogen-bond acceptors (Lipinski definition) is 6. The van der Waals surface area contributed by atoms with E-state index >= 15 is 0 Å². The third-order valence-electron chi connectivity index (χ3n) is 5.36. The fourth-order valence-electron chi connectivity index (χ4n) is 3.81. The number of aromatic amines is 1. The van der Waals surface area contributed by atoms with Crippen LogP contribution in [0.5, 0.6) is 0 Å². The number of imidazole rings is 1. The standard InChI is InChI=1S/C22H26FN5O3/c1-15-3-5-17-18(9-15)27-19(26-17)11-31-12-21(29)25-13-22(30)7-2-8-28(14-22)20-6-4-16(23)10-24-20/h3-6,9-10,30H,2,7-8,11-14H2,1H3,(H,25,29)(H,26,27). The largest absolute Gasteiger partial charge is 0.386 e. The number of amides is 1. The van der Waals surface area contributed by atoms with E-state index in [1.54, 1.807) is 6.07 Å². The average Bonchev–Trinajstić information content (AvgIpc) is 3.15. The second-order valence-corrected chi connectivity index (χ2v) is 8.06. The molecule has 1 amide bonds. The Morgan fingerprint density at radius 1 is 1.39 bits per heavy atom. The Kier molecular flexibility index (Phi) is 6.15. The van der Waals surface area contributed by atoms with Crippen LogP contribution in [-0.2, 0) is 16.1 Å². The van der Waals surface area contributed by atoms with Gasteiger partial charge in [-0.1, -0.05) is 6.07 Å². The van der Waals surface area contributed by atoms with Gasteiger partial charge in [0.2, 0.25) is 5.91 Å². The number of aromatic nitrogens is 3. The van der Waals surface area contributed by atoms with Gasteiger partial charge in [-0.3, -0.25) is 4.79 Å². The summed E-state index contributed by atoms with van der Waals surface area (Å²) in [5, 5.41) is 13.6. The molecule has 164 valence electrons. The van der Waals surface area contributed by atoms with Crippen LogP contribution in [0.4, 0.5) is 10.2 Å². The molecule has 31 heavy (non-hydrogen) atoms. The highest BCUT2D eigenvalue weighted by Gasteiger charge is 2.34. The molecule has 1 fully saturated rings. The maximum atomic E-state index is 13.1. The summed E-state index contributed by atoms with van der Waals surface area (Å²) in [6.45, 7) is 3.21. The van der Waals surface area contributed by atoms with E-state index in [9.17, 15) is 14.3 Å². The highest BCUT2D eigenvalue weighted by atomic mass is 19.1. The number of β-amino-alcohol motifs (C(OH)–C–C–N with tert-alkyl or cyclic N) is 1. The van der Waals surface area contributed by atoms with Crippen LogP contribution in [0.3, 0.4) is 0 Å². The molecule has 9 heteroatoms. The Morgan fingerprint density at radius 2 is 2.26 bits per heavy atom. The van der Waals surface area contributed by atoms with Crippen molar-refractivity contribution in [3.63, 3.8) is 0 Å².